The van der Waals surface area contributed by atoms with Gasteiger partial charge in [-0.2, -0.15) is 13.2 Å². The summed E-state index contributed by atoms with van der Waals surface area (Å²) in [6.45, 7) is 10.1. The normalized spacial score (nSPS) is 24.5. The summed E-state index contributed by atoms with van der Waals surface area (Å²) in [4.78, 5) is 18.8. The SMILES string of the molecule is CC1(C)CCC(CN2CCN(c3ccc(C(=O)NS(=O)(=O)c4ccc(N[C@H](CCN5CCC(O)CC5)CSc5ccccc5)c(S(=O)(=O)C(F)(F)F)c4)cc3)CC2)=C(C23CC(C(F)F)(C2)C3)C1. The second kappa shape index (κ2) is 19.2. The molecule has 2 heterocycles. The second-order valence-corrected chi connectivity index (χ2v) is 24.8. The number of aliphatic hydroxyl groups excluding tert-OH is 1. The summed E-state index contributed by atoms with van der Waals surface area (Å²) in [5, 5.41) is 12.9. The van der Waals surface area contributed by atoms with E-state index in [2.05, 4.69) is 33.9 Å². The van der Waals surface area contributed by atoms with Crippen molar-refractivity contribution in [1.82, 2.24) is 14.5 Å². The van der Waals surface area contributed by atoms with Crippen molar-refractivity contribution < 1.29 is 48.7 Å². The number of piperidine rings is 1. The van der Waals surface area contributed by atoms with E-state index in [0.29, 0.717) is 83.1 Å². The molecule has 3 aromatic carbocycles. The molecule has 67 heavy (non-hydrogen) atoms. The Kier molecular flexibility index (Phi) is 14.2. The van der Waals surface area contributed by atoms with Crippen molar-refractivity contribution in [3.63, 3.8) is 0 Å². The van der Waals surface area contributed by atoms with Crippen molar-refractivity contribution in [2.24, 2.45) is 16.2 Å². The first-order valence-electron chi connectivity index (χ1n) is 23.0. The molecular weight excluding hydrogens is 934 g/mol. The number of nitrogens with one attached hydrogen (secondary N) is 2. The molecule has 2 bridgehead atoms. The molecule has 0 radical (unpaired) electrons. The van der Waals surface area contributed by atoms with Gasteiger partial charge in [0.05, 0.1) is 16.7 Å². The number of anilines is 2. The summed E-state index contributed by atoms with van der Waals surface area (Å²) >= 11 is 1.43. The molecule has 11 nitrogen and oxygen atoms in total. The molecule has 2 aliphatic heterocycles. The van der Waals surface area contributed by atoms with E-state index in [-0.39, 0.29) is 16.4 Å². The standard InChI is InChI=1S/C48H60F5N5O6S3/c1-45(2)18-14-34(40(27-45)46-30-47(31-46,32-46)44(49)50)28-57-22-24-58(25-23-57)36-10-8-33(9-11-36)43(60)55-67(63,64)39-12-13-41(42(26-39)66(61,62)48(51,52)53)54-35(29-65-38-6-4-3-5-7-38)15-19-56-20-16-37(59)17-21-56/h3-13,26,35,37,44,54,59H,14-25,27-32H2,1-2H3,(H,55,60)/t35-,46?,47?/m1/s1. The Morgan fingerprint density at radius 3 is 2.16 bits per heavy atom. The first-order chi connectivity index (χ1) is 31.6. The first-order valence-corrected chi connectivity index (χ1v) is 27.0. The number of rotatable bonds is 17. The molecule has 0 aromatic heterocycles. The van der Waals surface area contributed by atoms with Gasteiger partial charge in [0.1, 0.15) is 4.90 Å². The van der Waals surface area contributed by atoms with Gasteiger partial charge < -0.3 is 20.2 Å². The van der Waals surface area contributed by atoms with Crippen molar-refractivity contribution >= 4 is 48.9 Å². The number of sulfonamides is 1. The summed E-state index contributed by atoms with van der Waals surface area (Å²) in [5.74, 6) is -0.713. The van der Waals surface area contributed by atoms with Crippen LogP contribution in [0.3, 0.4) is 0 Å². The smallest absolute Gasteiger partial charge is 0.393 e. The lowest BCUT2D eigenvalue weighted by Gasteiger charge is -2.72. The van der Waals surface area contributed by atoms with Gasteiger partial charge in [-0.05, 0) is 123 Å². The minimum absolute atomic E-state index is 0.0312. The zero-order valence-corrected chi connectivity index (χ0v) is 40.3. The number of hydrogen-bond acceptors (Lipinski definition) is 11. The number of thioether (sulfide) groups is 1. The number of hydrogen-bond donors (Lipinski definition) is 3. The van der Waals surface area contributed by atoms with Crippen LogP contribution in [0.2, 0.25) is 0 Å². The van der Waals surface area contributed by atoms with Crippen LogP contribution >= 0.6 is 11.8 Å². The van der Waals surface area contributed by atoms with E-state index < -0.39 is 70.7 Å². The molecule has 6 aliphatic rings. The summed E-state index contributed by atoms with van der Waals surface area (Å²) < 4.78 is 125. The minimum Gasteiger partial charge on any atom is -0.393 e. The lowest BCUT2D eigenvalue weighted by molar-refractivity contribution is -0.250. The van der Waals surface area contributed by atoms with Crippen molar-refractivity contribution in [1.29, 1.82) is 0 Å². The second-order valence-electron chi connectivity index (χ2n) is 20.1. The van der Waals surface area contributed by atoms with Crippen LogP contribution in [0.25, 0.3) is 0 Å². The quantitative estimate of drug-likeness (QED) is 0.0681. The number of carbonyl (C=O) groups is 1. The highest BCUT2D eigenvalue weighted by molar-refractivity contribution is 7.99. The van der Waals surface area contributed by atoms with Crippen LogP contribution in [-0.2, 0) is 19.9 Å². The molecule has 1 amide bonds. The average molecular weight is 994 g/mol. The van der Waals surface area contributed by atoms with Crippen LogP contribution in [0.15, 0.2) is 98.6 Å². The Bertz CT molecular complexity index is 2510. The maximum absolute atomic E-state index is 14.2. The largest absolute Gasteiger partial charge is 0.501 e. The fourth-order valence-corrected chi connectivity index (χ4v) is 13.7. The number of likely N-dealkylation sites (tertiary alicyclic amines) is 1. The predicted molar refractivity (Wildman–Crippen MR) is 250 cm³/mol. The number of benzene rings is 3. The molecule has 5 fully saturated rings. The number of carbonyl (C=O) groups excluding carboxylic acids is 1. The number of alkyl halides is 5. The maximum Gasteiger partial charge on any atom is 0.501 e. The fraction of sp³-hybridized carbons (Fsp3) is 0.562. The first kappa shape index (κ1) is 49.7. The highest BCUT2D eigenvalue weighted by Crippen LogP contribution is 2.79. The molecule has 9 rings (SSSR count). The molecule has 4 aliphatic carbocycles. The fourth-order valence-electron chi connectivity index (χ4n) is 10.7. The Hall–Kier alpha value is -3.75. The number of aliphatic hydroxyl groups is 1. The number of piperazine rings is 1. The van der Waals surface area contributed by atoms with E-state index in [1.165, 1.54) is 35.0 Å². The monoisotopic (exact) mass is 993 g/mol. The Morgan fingerprint density at radius 2 is 1.54 bits per heavy atom. The third-order valence-corrected chi connectivity index (χ3v) is 18.7. The van der Waals surface area contributed by atoms with Crippen LogP contribution in [0.5, 0.6) is 0 Å². The molecule has 366 valence electrons. The molecule has 3 aromatic rings. The number of sulfone groups is 1. The van der Waals surface area contributed by atoms with E-state index in [1.54, 1.807) is 12.1 Å². The molecule has 0 spiro atoms. The van der Waals surface area contributed by atoms with Gasteiger partial charge in [0.25, 0.3) is 25.8 Å². The molecule has 0 unspecified atom stereocenters. The van der Waals surface area contributed by atoms with E-state index in [1.807, 2.05) is 35.1 Å². The summed E-state index contributed by atoms with van der Waals surface area (Å²) in [7, 11) is -11.0. The zero-order valence-electron chi connectivity index (χ0n) is 37.8. The van der Waals surface area contributed by atoms with Gasteiger partial charge in [-0.3, -0.25) is 9.69 Å². The molecule has 3 saturated carbocycles. The molecular formula is C48H60F5N5O6S3. The molecule has 3 N–H and O–H groups in total. The van der Waals surface area contributed by atoms with E-state index in [0.717, 1.165) is 61.6 Å². The predicted octanol–water partition coefficient (Wildman–Crippen LogP) is 8.58. The minimum atomic E-state index is -6.08. The number of allylic oxidation sites excluding steroid dienone is 1. The van der Waals surface area contributed by atoms with Gasteiger partial charge in [-0.15, -0.1) is 11.8 Å². The van der Waals surface area contributed by atoms with Gasteiger partial charge in [-0.25, -0.2) is 30.3 Å². The molecule has 19 heteroatoms. The lowest BCUT2D eigenvalue weighted by atomic mass is 9.32. The lowest BCUT2D eigenvalue weighted by Crippen LogP contribution is -2.66. The molecule has 1 atom stereocenters. The maximum atomic E-state index is 14.2. The van der Waals surface area contributed by atoms with Crippen molar-refractivity contribution in [2.75, 3.05) is 68.3 Å². The number of nitrogens with zero attached hydrogens (tertiary/aromatic N) is 3. The average Bonchev–Trinajstić information content (AvgIpc) is 3.25. The Balaban J connectivity index is 0.917. The Morgan fingerprint density at radius 1 is 0.881 bits per heavy atom. The van der Waals surface area contributed by atoms with Gasteiger partial charge in [0.2, 0.25) is 6.43 Å². The summed E-state index contributed by atoms with van der Waals surface area (Å²) in [6.07, 6.45) is 3.71. The van der Waals surface area contributed by atoms with Gasteiger partial charge >= 0.3 is 5.51 Å². The number of halogens is 5. The highest BCUT2D eigenvalue weighted by atomic mass is 32.2. The van der Waals surface area contributed by atoms with Gasteiger partial charge in [-0.1, -0.05) is 43.2 Å². The van der Waals surface area contributed by atoms with Crippen LogP contribution in [0, 0.1) is 16.2 Å². The van der Waals surface area contributed by atoms with Crippen LogP contribution < -0.4 is 14.9 Å². The number of amides is 1. The Labute approximate surface area is 394 Å². The van der Waals surface area contributed by atoms with Crippen LogP contribution in [0.4, 0.5) is 33.3 Å². The van der Waals surface area contributed by atoms with E-state index in [9.17, 15) is 48.7 Å². The zero-order chi connectivity index (χ0) is 48.0. The van der Waals surface area contributed by atoms with Gasteiger partial charge in [0, 0.05) is 85.7 Å². The third kappa shape index (κ3) is 10.9. The van der Waals surface area contributed by atoms with Gasteiger partial charge in [0.15, 0.2) is 0 Å². The molecule has 2 saturated heterocycles. The topological polar surface area (TPSA) is 139 Å². The van der Waals surface area contributed by atoms with Crippen molar-refractivity contribution in [3.05, 3.63) is 89.5 Å². The highest BCUT2D eigenvalue weighted by Gasteiger charge is 2.73. The van der Waals surface area contributed by atoms with Crippen LogP contribution in [-0.4, -0.2) is 120 Å². The third-order valence-electron chi connectivity index (χ3n) is 14.6. The van der Waals surface area contributed by atoms with E-state index in [4.69, 9.17) is 0 Å². The van der Waals surface area contributed by atoms with E-state index >= 15 is 0 Å². The summed E-state index contributed by atoms with van der Waals surface area (Å²) in [5.41, 5.74) is -3.25. The van der Waals surface area contributed by atoms with Crippen LogP contribution in [0.1, 0.15) is 82.0 Å². The van der Waals surface area contributed by atoms with Crippen molar-refractivity contribution in [3.8, 4) is 0 Å². The summed E-state index contributed by atoms with van der Waals surface area (Å²) in [6, 6.07) is 17.4. The van der Waals surface area contributed by atoms with Crippen molar-refractivity contribution in [2.45, 2.75) is 110 Å².